The number of ether oxygens (including phenoxy) is 1. The minimum Gasteiger partial charge on any atom is -0.372 e. The Bertz CT molecular complexity index is 370. The Morgan fingerprint density at radius 3 is 2.70 bits per heavy atom. The highest BCUT2D eigenvalue weighted by molar-refractivity contribution is 5.19. The molecule has 2 unspecified atom stereocenters. The number of likely N-dealkylation sites (N-methyl/N-ethyl adjacent to an activating group) is 1. The molecule has 0 amide bonds. The van der Waals surface area contributed by atoms with Gasteiger partial charge in [-0.2, -0.15) is 0 Å². The van der Waals surface area contributed by atoms with Crippen molar-refractivity contribution in [3.8, 4) is 0 Å². The molecule has 2 nitrogen and oxygen atoms in total. The Hall–Kier alpha value is -0.930. The first-order valence-electron chi connectivity index (χ1n) is 7.72. The molecule has 0 heterocycles. The van der Waals surface area contributed by atoms with Gasteiger partial charge in [0.25, 0.3) is 0 Å². The predicted molar refractivity (Wildman–Crippen MR) is 82.3 cm³/mol. The third-order valence-electron chi connectivity index (χ3n) is 3.69. The number of hydrogen-bond acceptors (Lipinski definition) is 2. The van der Waals surface area contributed by atoms with Crippen LogP contribution in [0.25, 0.3) is 0 Å². The van der Waals surface area contributed by atoms with Gasteiger partial charge < -0.3 is 10.1 Å². The Morgan fingerprint density at radius 1 is 1.30 bits per heavy atom. The molecule has 0 fully saturated rings. The highest BCUT2D eigenvalue weighted by Gasteiger charge is 2.14. The Labute approximate surface area is 122 Å². The Balaban J connectivity index is 2.58. The van der Waals surface area contributed by atoms with Gasteiger partial charge in [-0.1, -0.05) is 45.2 Å². The van der Waals surface area contributed by atoms with E-state index in [9.17, 15) is 4.39 Å². The maximum Gasteiger partial charge on any atom is 0.123 e. The van der Waals surface area contributed by atoms with Crippen LogP contribution in [0.5, 0.6) is 0 Å². The molecule has 0 aliphatic heterocycles. The quantitative estimate of drug-likeness (QED) is 0.689. The van der Waals surface area contributed by atoms with E-state index >= 15 is 0 Å². The van der Waals surface area contributed by atoms with Crippen molar-refractivity contribution < 1.29 is 9.13 Å². The average Bonchev–Trinajstić information content (AvgIpc) is 2.46. The number of unbranched alkanes of at least 4 members (excludes halogenated alkanes) is 1. The van der Waals surface area contributed by atoms with Crippen molar-refractivity contribution in [1.82, 2.24) is 5.32 Å². The van der Waals surface area contributed by atoms with Crippen LogP contribution >= 0.6 is 0 Å². The van der Waals surface area contributed by atoms with Crippen LogP contribution in [0.2, 0.25) is 0 Å². The second kappa shape index (κ2) is 9.89. The molecule has 2 atom stereocenters. The number of benzene rings is 1. The topological polar surface area (TPSA) is 21.3 Å². The van der Waals surface area contributed by atoms with Crippen molar-refractivity contribution in [3.63, 3.8) is 0 Å². The molecular formula is C17H28FNO. The van der Waals surface area contributed by atoms with E-state index < -0.39 is 0 Å². The third kappa shape index (κ3) is 6.02. The van der Waals surface area contributed by atoms with Crippen molar-refractivity contribution in [2.75, 3.05) is 20.2 Å². The summed E-state index contributed by atoms with van der Waals surface area (Å²) < 4.78 is 19.4. The lowest BCUT2D eigenvalue weighted by molar-refractivity contribution is 0.0258. The zero-order valence-electron chi connectivity index (χ0n) is 13.0. The van der Waals surface area contributed by atoms with E-state index in [1.54, 1.807) is 12.1 Å². The number of halogens is 1. The lowest BCUT2D eigenvalue weighted by atomic mass is 10.0. The Morgan fingerprint density at radius 2 is 2.10 bits per heavy atom. The van der Waals surface area contributed by atoms with Crippen LogP contribution in [-0.4, -0.2) is 20.2 Å². The van der Waals surface area contributed by atoms with Gasteiger partial charge in [-0.25, -0.2) is 4.39 Å². The second-order valence-electron chi connectivity index (χ2n) is 5.35. The van der Waals surface area contributed by atoms with E-state index in [2.05, 4.69) is 19.2 Å². The van der Waals surface area contributed by atoms with Crippen LogP contribution in [0.3, 0.4) is 0 Å². The lowest BCUT2D eigenvalue weighted by Crippen LogP contribution is -2.22. The predicted octanol–water partition coefficient (Wildman–Crippen LogP) is 4.32. The zero-order chi connectivity index (χ0) is 14.8. The fourth-order valence-electron chi connectivity index (χ4n) is 2.32. The van der Waals surface area contributed by atoms with Crippen LogP contribution in [0.1, 0.15) is 51.2 Å². The average molecular weight is 281 g/mol. The van der Waals surface area contributed by atoms with E-state index in [0.29, 0.717) is 12.5 Å². The van der Waals surface area contributed by atoms with Crippen molar-refractivity contribution in [2.45, 2.75) is 45.6 Å². The first-order valence-corrected chi connectivity index (χ1v) is 7.72. The molecule has 0 spiro atoms. The number of rotatable bonds is 10. The fraction of sp³-hybridized carbons (Fsp3) is 0.647. The molecular weight excluding hydrogens is 253 g/mol. The lowest BCUT2D eigenvalue weighted by Gasteiger charge is -2.22. The zero-order valence-corrected chi connectivity index (χ0v) is 13.0. The van der Waals surface area contributed by atoms with E-state index in [4.69, 9.17) is 4.74 Å². The summed E-state index contributed by atoms with van der Waals surface area (Å²) in [7, 11) is 1.89. The van der Waals surface area contributed by atoms with E-state index in [-0.39, 0.29) is 11.9 Å². The summed E-state index contributed by atoms with van der Waals surface area (Å²) in [5.41, 5.74) is 0.907. The molecule has 0 bridgehead atoms. The molecule has 1 N–H and O–H groups in total. The number of hydrogen-bond donors (Lipinski definition) is 1. The molecule has 0 radical (unpaired) electrons. The summed E-state index contributed by atoms with van der Waals surface area (Å²) in [5.74, 6) is 0.396. The van der Waals surface area contributed by atoms with Gasteiger partial charge in [-0.05, 0) is 37.1 Å². The molecule has 20 heavy (non-hydrogen) atoms. The maximum absolute atomic E-state index is 13.3. The summed E-state index contributed by atoms with van der Waals surface area (Å²) in [4.78, 5) is 0. The molecule has 1 aromatic rings. The van der Waals surface area contributed by atoms with E-state index in [0.717, 1.165) is 18.6 Å². The maximum atomic E-state index is 13.3. The smallest absolute Gasteiger partial charge is 0.123 e. The second-order valence-corrected chi connectivity index (χ2v) is 5.35. The molecule has 0 saturated heterocycles. The molecule has 114 valence electrons. The first kappa shape index (κ1) is 17.1. The van der Waals surface area contributed by atoms with Gasteiger partial charge >= 0.3 is 0 Å². The van der Waals surface area contributed by atoms with Gasteiger partial charge in [-0.3, -0.25) is 0 Å². The normalized spacial score (nSPS) is 14.2. The van der Waals surface area contributed by atoms with Gasteiger partial charge in [0.2, 0.25) is 0 Å². The summed E-state index contributed by atoms with van der Waals surface area (Å²) >= 11 is 0. The van der Waals surface area contributed by atoms with Crippen molar-refractivity contribution in [3.05, 3.63) is 35.6 Å². The standard InChI is InChI=1S/C17H28FNO/c1-4-6-8-14(5-2)13-20-17(12-19-3)15-9-7-10-16(18)11-15/h7,9-11,14,17,19H,4-6,8,12-13H2,1-3H3. The highest BCUT2D eigenvalue weighted by atomic mass is 19.1. The molecule has 3 heteroatoms. The van der Waals surface area contributed by atoms with Crippen molar-refractivity contribution in [2.24, 2.45) is 5.92 Å². The Kier molecular flexibility index (Phi) is 8.47. The SMILES string of the molecule is CCCCC(CC)COC(CNC)c1cccc(F)c1. The van der Waals surface area contributed by atoms with Crippen LogP contribution in [0.4, 0.5) is 4.39 Å². The molecule has 1 aromatic carbocycles. The van der Waals surface area contributed by atoms with Crippen LogP contribution in [0.15, 0.2) is 24.3 Å². The molecule has 1 rings (SSSR count). The van der Waals surface area contributed by atoms with Gasteiger partial charge in [-0.15, -0.1) is 0 Å². The summed E-state index contributed by atoms with van der Waals surface area (Å²) in [5, 5.41) is 3.12. The van der Waals surface area contributed by atoms with Gasteiger partial charge in [0.1, 0.15) is 5.82 Å². The fourth-order valence-corrected chi connectivity index (χ4v) is 2.32. The molecule has 0 saturated carbocycles. The van der Waals surface area contributed by atoms with Crippen LogP contribution < -0.4 is 5.32 Å². The van der Waals surface area contributed by atoms with Gasteiger partial charge in [0, 0.05) is 6.54 Å². The van der Waals surface area contributed by atoms with Crippen LogP contribution in [-0.2, 0) is 4.74 Å². The van der Waals surface area contributed by atoms with Crippen molar-refractivity contribution >= 4 is 0 Å². The minimum atomic E-state index is -0.203. The first-order chi connectivity index (χ1) is 9.71. The van der Waals surface area contributed by atoms with E-state index in [1.807, 2.05) is 13.1 Å². The summed E-state index contributed by atoms with van der Waals surface area (Å²) in [6.07, 6.45) is 4.74. The van der Waals surface area contributed by atoms with Crippen LogP contribution in [0, 0.1) is 11.7 Å². The minimum absolute atomic E-state index is 0.0774. The molecule has 0 aliphatic carbocycles. The number of nitrogens with one attached hydrogen (secondary N) is 1. The third-order valence-corrected chi connectivity index (χ3v) is 3.69. The highest BCUT2D eigenvalue weighted by Crippen LogP contribution is 2.21. The summed E-state index contributed by atoms with van der Waals surface area (Å²) in [6.45, 7) is 5.87. The van der Waals surface area contributed by atoms with Gasteiger partial charge in [0.05, 0.1) is 12.7 Å². The van der Waals surface area contributed by atoms with Gasteiger partial charge in [0.15, 0.2) is 0 Å². The largest absolute Gasteiger partial charge is 0.372 e. The monoisotopic (exact) mass is 281 g/mol. The van der Waals surface area contributed by atoms with E-state index in [1.165, 1.54) is 25.3 Å². The molecule has 0 aliphatic rings. The summed E-state index contributed by atoms with van der Waals surface area (Å²) in [6, 6.07) is 6.70. The molecule has 0 aromatic heterocycles. The van der Waals surface area contributed by atoms with Crippen molar-refractivity contribution in [1.29, 1.82) is 0 Å².